The second-order valence-corrected chi connectivity index (χ2v) is 6.26. The van der Waals surface area contributed by atoms with E-state index < -0.39 is 13.6 Å². The minimum atomic E-state index is -3.70. The Morgan fingerprint density at radius 2 is 1.86 bits per heavy atom. The van der Waals surface area contributed by atoms with Crippen LogP contribution in [0.3, 0.4) is 0 Å². The van der Waals surface area contributed by atoms with Gasteiger partial charge in [0.15, 0.2) is 0 Å². The van der Waals surface area contributed by atoms with Crippen molar-refractivity contribution in [2.24, 2.45) is 0 Å². The van der Waals surface area contributed by atoms with E-state index in [9.17, 15) is 9.36 Å². The summed E-state index contributed by atoms with van der Waals surface area (Å²) in [7, 11) is -2.47. The summed E-state index contributed by atoms with van der Waals surface area (Å²) in [5.41, 5.74) is 1.76. The molecule has 0 amide bonds. The van der Waals surface area contributed by atoms with Crippen molar-refractivity contribution in [3.8, 4) is 0 Å². The monoisotopic (exact) mass is 312 g/mol. The largest absolute Gasteiger partial charge is 0.465 e. The summed E-state index contributed by atoms with van der Waals surface area (Å²) in [6, 6.07) is 7.45. The van der Waals surface area contributed by atoms with Crippen molar-refractivity contribution < 1.29 is 23.1 Å². The molecule has 0 fully saturated rings. The highest BCUT2D eigenvalue weighted by molar-refractivity contribution is 7.60. The molecule has 0 atom stereocenters. The Balaban J connectivity index is 3.33. The molecule has 0 aliphatic carbocycles. The standard InChI is InChI=1S/C15H21O5P/c1-5-19-21(17,20-6-2)14(15(16)18-4)11-13-9-7-8-12(3)10-13/h7-11H,5-6H2,1-4H3/b14-11+. The van der Waals surface area contributed by atoms with Crippen molar-refractivity contribution in [2.75, 3.05) is 20.3 Å². The SMILES string of the molecule is CCOP(=O)(OCC)/C(=C/c1cccc(C)c1)C(=O)OC. The molecule has 116 valence electrons. The third kappa shape index (κ3) is 4.81. The van der Waals surface area contributed by atoms with Gasteiger partial charge >= 0.3 is 13.6 Å². The average molecular weight is 312 g/mol. The Labute approximate surface area is 125 Å². The van der Waals surface area contributed by atoms with Gasteiger partial charge in [-0.25, -0.2) is 4.79 Å². The van der Waals surface area contributed by atoms with Crippen LogP contribution >= 0.6 is 7.60 Å². The van der Waals surface area contributed by atoms with Crippen LogP contribution in [-0.4, -0.2) is 26.3 Å². The van der Waals surface area contributed by atoms with Crippen molar-refractivity contribution in [2.45, 2.75) is 20.8 Å². The molecule has 0 radical (unpaired) electrons. The van der Waals surface area contributed by atoms with E-state index in [0.717, 1.165) is 11.1 Å². The van der Waals surface area contributed by atoms with Crippen molar-refractivity contribution in [3.63, 3.8) is 0 Å². The molecule has 0 aliphatic heterocycles. The molecule has 0 bridgehead atoms. The van der Waals surface area contributed by atoms with Gasteiger partial charge < -0.3 is 13.8 Å². The first-order valence-corrected chi connectivity index (χ1v) is 8.27. The number of methoxy groups -OCH3 is 1. The summed E-state index contributed by atoms with van der Waals surface area (Å²) in [4.78, 5) is 12.0. The smallest absolute Gasteiger partial charge is 0.368 e. The predicted molar refractivity (Wildman–Crippen MR) is 82.0 cm³/mol. The van der Waals surface area contributed by atoms with Gasteiger partial charge in [-0.3, -0.25) is 4.57 Å². The zero-order valence-electron chi connectivity index (χ0n) is 12.8. The van der Waals surface area contributed by atoms with Gasteiger partial charge in [0.1, 0.15) is 5.31 Å². The van der Waals surface area contributed by atoms with Gasteiger partial charge in [-0.05, 0) is 32.4 Å². The van der Waals surface area contributed by atoms with Gasteiger partial charge in [0.25, 0.3) is 0 Å². The number of carbonyl (C=O) groups is 1. The van der Waals surface area contributed by atoms with Crippen LogP contribution in [0.25, 0.3) is 6.08 Å². The summed E-state index contributed by atoms with van der Waals surface area (Å²) in [6.07, 6.45) is 1.49. The first kappa shape index (κ1) is 17.6. The number of aryl methyl sites for hydroxylation is 1. The summed E-state index contributed by atoms with van der Waals surface area (Å²) in [5.74, 6) is -0.721. The molecular weight excluding hydrogens is 291 g/mol. The molecule has 6 heteroatoms. The molecule has 0 saturated heterocycles. The lowest BCUT2D eigenvalue weighted by molar-refractivity contribution is -0.135. The van der Waals surface area contributed by atoms with Crippen LogP contribution in [-0.2, 0) is 23.1 Å². The first-order chi connectivity index (χ1) is 9.96. The van der Waals surface area contributed by atoms with E-state index in [4.69, 9.17) is 13.8 Å². The first-order valence-electron chi connectivity index (χ1n) is 6.73. The predicted octanol–water partition coefficient (Wildman–Crippen LogP) is 3.78. The Kier molecular flexibility index (Phi) is 6.82. The number of ether oxygens (including phenoxy) is 1. The van der Waals surface area contributed by atoms with Crippen molar-refractivity contribution in [1.29, 1.82) is 0 Å². The summed E-state index contributed by atoms with van der Waals surface area (Å²) < 4.78 is 27.9. The lowest BCUT2D eigenvalue weighted by atomic mass is 10.1. The lowest BCUT2D eigenvalue weighted by Gasteiger charge is -2.18. The Morgan fingerprint density at radius 1 is 1.24 bits per heavy atom. The zero-order chi connectivity index (χ0) is 15.9. The van der Waals surface area contributed by atoms with E-state index in [1.165, 1.54) is 13.2 Å². The van der Waals surface area contributed by atoms with Gasteiger partial charge in [-0.15, -0.1) is 0 Å². The molecule has 1 rings (SSSR count). The third-order valence-corrected chi connectivity index (χ3v) is 4.73. The zero-order valence-corrected chi connectivity index (χ0v) is 13.7. The van der Waals surface area contributed by atoms with Gasteiger partial charge in [-0.2, -0.15) is 0 Å². The van der Waals surface area contributed by atoms with E-state index in [0.29, 0.717) is 0 Å². The molecular formula is C15H21O5P. The van der Waals surface area contributed by atoms with Crippen molar-refractivity contribution >= 4 is 19.6 Å². The minimum absolute atomic E-state index is 0.0979. The Bertz CT molecular complexity index is 555. The second-order valence-electron chi connectivity index (χ2n) is 4.27. The molecule has 1 aromatic carbocycles. The van der Waals surface area contributed by atoms with E-state index in [-0.39, 0.29) is 18.5 Å². The fourth-order valence-electron chi connectivity index (χ4n) is 1.79. The van der Waals surface area contributed by atoms with Crippen LogP contribution in [0.2, 0.25) is 0 Å². The average Bonchev–Trinajstić information content (AvgIpc) is 2.44. The van der Waals surface area contributed by atoms with Gasteiger partial charge in [0.2, 0.25) is 0 Å². The van der Waals surface area contributed by atoms with E-state index >= 15 is 0 Å². The Hall–Kier alpha value is -1.42. The topological polar surface area (TPSA) is 61.8 Å². The maximum atomic E-state index is 12.8. The van der Waals surface area contributed by atoms with Crippen LogP contribution in [0, 0.1) is 6.92 Å². The number of benzene rings is 1. The van der Waals surface area contributed by atoms with E-state index in [1.807, 2.05) is 25.1 Å². The summed E-state index contributed by atoms with van der Waals surface area (Å²) in [6.45, 7) is 5.64. The quantitative estimate of drug-likeness (QED) is 0.435. The molecule has 5 nitrogen and oxygen atoms in total. The van der Waals surface area contributed by atoms with Crippen LogP contribution in [0.5, 0.6) is 0 Å². The molecule has 0 spiro atoms. The highest BCUT2D eigenvalue weighted by Gasteiger charge is 2.35. The van der Waals surface area contributed by atoms with Crippen LogP contribution in [0.4, 0.5) is 0 Å². The van der Waals surface area contributed by atoms with E-state index in [2.05, 4.69) is 0 Å². The molecule has 1 aromatic rings. The number of hydrogen-bond donors (Lipinski definition) is 0. The van der Waals surface area contributed by atoms with Gasteiger partial charge in [0.05, 0.1) is 20.3 Å². The molecule has 21 heavy (non-hydrogen) atoms. The maximum Gasteiger partial charge on any atom is 0.368 e. The molecule has 0 heterocycles. The highest BCUT2D eigenvalue weighted by Crippen LogP contribution is 2.56. The third-order valence-electron chi connectivity index (χ3n) is 2.63. The van der Waals surface area contributed by atoms with Crippen LogP contribution < -0.4 is 0 Å². The van der Waals surface area contributed by atoms with Gasteiger partial charge in [-0.1, -0.05) is 29.8 Å². The summed E-state index contributed by atoms with van der Waals surface area (Å²) >= 11 is 0. The minimum Gasteiger partial charge on any atom is -0.465 e. The summed E-state index contributed by atoms with van der Waals surface area (Å²) in [5, 5.41) is -0.0979. The lowest BCUT2D eigenvalue weighted by Crippen LogP contribution is -2.09. The molecule has 0 saturated carbocycles. The van der Waals surface area contributed by atoms with E-state index in [1.54, 1.807) is 19.9 Å². The fourth-order valence-corrected chi connectivity index (χ4v) is 3.44. The molecule has 0 aliphatic rings. The maximum absolute atomic E-state index is 12.8. The van der Waals surface area contributed by atoms with Crippen molar-refractivity contribution in [1.82, 2.24) is 0 Å². The van der Waals surface area contributed by atoms with Crippen molar-refractivity contribution in [3.05, 3.63) is 40.7 Å². The number of hydrogen-bond acceptors (Lipinski definition) is 5. The highest BCUT2D eigenvalue weighted by atomic mass is 31.2. The molecule has 0 aromatic heterocycles. The fraction of sp³-hybridized carbons (Fsp3) is 0.400. The second kappa shape index (κ2) is 8.13. The molecule has 0 unspecified atom stereocenters. The molecule has 0 N–H and O–H groups in total. The van der Waals surface area contributed by atoms with Crippen LogP contribution in [0.15, 0.2) is 29.6 Å². The number of esters is 1. The Morgan fingerprint density at radius 3 is 2.33 bits per heavy atom. The normalized spacial score (nSPS) is 12.3. The number of carbonyl (C=O) groups excluding carboxylic acids is 1. The van der Waals surface area contributed by atoms with Crippen LogP contribution in [0.1, 0.15) is 25.0 Å². The number of rotatable bonds is 7. The van der Waals surface area contributed by atoms with Gasteiger partial charge in [0, 0.05) is 0 Å².